The largest absolute Gasteiger partial charge is 0.480 e. The van der Waals surface area contributed by atoms with Gasteiger partial charge in [-0.2, -0.15) is 0 Å². The van der Waals surface area contributed by atoms with Gasteiger partial charge in [0.2, 0.25) is 29.5 Å². The van der Waals surface area contributed by atoms with E-state index < -0.39 is 72.7 Å². The van der Waals surface area contributed by atoms with Crippen molar-refractivity contribution in [1.29, 1.82) is 0 Å². The number of aromatic nitrogens is 1. The highest BCUT2D eigenvalue weighted by atomic mass is 16.4. The number of para-hydroxylation sites is 1. The van der Waals surface area contributed by atoms with E-state index in [0.29, 0.717) is 5.56 Å². The monoisotopic (exact) mass is 533 g/mol. The molecule has 0 bridgehead atoms. The Morgan fingerprint density at radius 1 is 0.868 bits per heavy atom. The third-order valence-electron chi connectivity index (χ3n) is 5.60. The van der Waals surface area contributed by atoms with Crippen molar-refractivity contribution in [2.24, 2.45) is 17.2 Å². The fourth-order valence-corrected chi connectivity index (χ4v) is 3.60. The molecule has 1 aromatic heterocycles. The molecule has 0 aliphatic rings. The number of aliphatic hydroxyl groups is 1. The Balaban J connectivity index is 2.31. The number of carbonyl (C=O) groups excluding carboxylic acids is 5. The zero-order valence-corrected chi connectivity index (χ0v) is 20.3. The van der Waals surface area contributed by atoms with Crippen LogP contribution in [0.15, 0.2) is 30.5 Å². The Bertz CT molecular complexity index is 1200. The summed E-state index contributed by atoms with van der Waals surface area (Å²) >= 11 is 0. The summed E-state index contributed by atoms with van der Waals surface area (Å²) < 4.78 is 0. The summed E-state index contributed by atoms with van der Waals surface area (Å²) in [4.78, 5) is 75.3. The molecule has 206 valence electrons. The third-order valence-corrected chi connectivity index (χ3v) is 5.60. The van der Waals surface area contributed by atoms with Crippen molar-refractivity contribution in [2.45, 2.75) is 49.9 Å². The van der Waals surface area contributed by atoms with Gasteiger partial charge in [0.15, 0.2) is 0 Å². The van der Waals surface area contributed by atoms with Crippen LogP contribution in [-0.4, -0.2) is 81.5 Å². The van der Waals surface area contributed by atoms with E-state index in [1.54, 1.807) is 30.5 Å². The number of carbonyl (C=O) groups is 6. The Morgan fingerprint density at radius 2 is 1.47 bits per heavy atom. The average Bonchev–Trinajstić information content (AvgIpc) is 3.26. The van der Waals surface area contributed by atoms with Crippen LogP contribution in [0.2, 0.25) is 0 Å². The molecule has 1 aromatic carbocycles. The molecule has 0 saturated heterocycles. The number of benzene rings is 1. The first kappa shape index (κ1) is 29.7. The summed E-state index contributed by atoms with van der Waals surface area (Å²) in [6, 6.07) is 1.38. The fourth-order valence-electron chi connectivity index (χ4n) is 3.60. The van der Waals surface area contributed by atoms with Gasteiger partial charge in [0.1, 0.15) is 18.1 Å². The smallest absolute Gasteiger partial charge is 0.328 e. The molecule has 15 nitrogen and oxygen atoms in total. The number of H-pyrrole nitrogens is 1. The molecule has 1 heterocycles. The molecule has 0 aliphatic heterocycles. The Morgan fingerprint density at radius 3 is 2.08 bits per heavy atom. The lowest BCUT2D eigenvalue weighted by Crippen LogP contribution is -2.58. The molecular formula is C23H31N7O8. The number of fused-ring (bicyclic) bond motifs is 1. The number of hydrogen-bond acceptors (Lipinski definition) is 8. The van der Waals surface area contributed by atoms with Crippen LogP contribution in [0.25, 0.3) is 10.9 Å². The topological polar surface area (TPSA) is 273 Å². The number of nitrogens with two attached hydrogens (primary N) is 3. The second-order valence-corrected chi connectivity index (χ2v) is 8.55. The SMILES string of the molecule is NC(=O)CCC(NC(=O)C(N)CC(N)=O)C(=O)NC(Cc1c[nH]c2ccccc12)C(=O)NC(CO)C(=O)O. The number of nitrogens with one attached hydrogen (secondary N) is 4. The minimum absolute atomic E-state index is 0.100. The summed E-state index contributed by atoms with van der Waals surface area (Å²) in [6.45, 7) is -0.899. The van der Waals surface area contributed by atoms with Gasteiger partial charge in [-0.3, -0.25) is 24.0 Å². The van der Waals surface area contributed by atoms with Gasteiger partial charge in [-0.05, 0) is 18.1 Å². The van der Waals surface area contributed by atoms with Crippen LogP contribution in [0.4, 0.5) is 0 Å². The summed E-state index contributed by atoms with van der Waals surface area (Å²) in [5.74, 6) is -5.83. The van der Waals surface area contributed by atoms with Crippen LogP contribution in [0.1, 0.15) is 24.8 Å². The molecule has 0 spiro atoms. The van der Waals surface area contributed by atoms with Crippen LogP contribution >= 0.6 is 0 Å². The van der Waals surface area contributed by atoms with E-state index in [2.05, 4.69) is 20.9 Å². The molecular weight excluding hydrogens is 502 g/mol. The van der Waals surface area contributed by atoms with Gasteiger partial charge in [0.25, 0.3) is 0 Å². The minimum Gasteiger partial charge on any atom is -0.480 e. The first-order valence-corrected chi connectivity index (χ1v) is 11.5. The Kier molecular flexibility index (Phi) is 10.7. The summed E-state index contributed by atoms with van der Waals surface area (Å²) in [5, 5.41) is 26.2. The van der Waals surface area contributed by atoms with Gasteiger partial charge in [0, 0.05) is 29.9 Å². The van der Waals surface area contributed by atoms with Gasteiger partial charge in [-0.15, -0.1) is 0 Å². The van der Waals surface area contributed by atoms with E-state index in [0.717, 1.165) is 10.9 Å². The number of aromatic amines is 1. The van der Waals surface area contributed by atoms with Gasteiger partial charge in [-0.1, -0.05) is 18.2 Å². The lowest BCUT2D eigenvalue weighted by atomic mass is 10.0. The molecule has 15 heteroatoms. The molecule has 38 heavy (non-hydrogen) atoms. The quantitative estimate of drug-likeness (QED) is 0.111. The zero-order valence-electron chi connectivity index (χ0n) is 20.3. The summed E-state index contributed by atoms with van der Waals surface area (Å²) in [7, 11) is 0. The minimum atomic E-state index is -1.64. The molecule has 5 amide bonds. The van der Waals surface area contributed by atoms with Gasteiger partial charge >= 0.3 is 5.97 Å². The van der Waals surface area contributed by atoms with Gasteiger partial charge in [-0.25, -0.2) is 4.79 Å². The molecule has 4 atom stereocenters. The van der Waals surface area contributed by atoms with Gasteiger partial charge < -0.3 is 48.3 Å². The van der Waals surface area contributed by atoms with E-state index in [-0.39, 0.29) is 19.3 Å². The number of hydrogen-bond donors (Lipinski definition) is 9. The van der Waals surface area contributed by atoms with Crippen molar-refractivity contribution in [3.8, 4) is 0 Å². The van der Waals surface area contributed by atoms with Crippen LogP contribution in [0, 0.1) is 0 Å². The van der Waals surface area contributed by atoms with Crippen LogP contribution in [0.5, 0.6) is 0 Å². The first-order valence-electron chi connectivity index (χ1n) is 11.5. The molecule has 4 unspecified atom stereocenters. The van der Waals surface area contributed by atoms with Gasteiger partial charge in [0.05, 0.1) is 19.1 Å². The van der Waals surface area contributed by atoms with E-state index in [4.69, 9.17) is 17.2 Å². The number of carboxylic acids is 1. The number of aliphatic carboxylic acids is 1. The molecule has 0 radical (unpaired) electrons. The van der Waals surface area contributed by atoms with E-state index in [9.17, 15) is 39.0 Å². The molecule has 0 fully saturated rings. The predicted octanol–water partition coefficient (Wildman–Crippen LogP) is -3.29. The van der Waals surface area contributed by atoms with Crippen LogP contribution in [0.3, 0.4) is 0 Å². The number of aliphatic hydroxyl groups excluding tert-OH is 1. The fraction of sp³-hybridized carbons (Fsp3) is 0.391. The second kappa shape index (κ2) is 13.7. The average molecular weight is 534 g/mol. The van der Waals surface area contributed by atoms with Crippen molar-refractivity contribution in [3.63, 3.8) is 0 Å². The Hall–Kier alpha value is -4.50. The van der Waals surface area contributed by atoms with E-state index in [1.165, 1.54) is 0 Å². The second-order valence-electron chi connectivity index (χ2n) is 8.55. The number of amides is 5. The highest BCUT2D eigenvalue weighted by molar-refractivity contribution is 5.95. The maximum absolute atomic E-state index is 13.2. The van der Waals surface area contributed by atoms with Crippen molar-refractivity contribution >= 4 is 46.4 Å². The zero-order chi connectivity index (χ0) is 28.4. The van der Waals surface area contributed by atoms with Crippen molar-refractivity contribution in [2.75, 3.05) is 6.61 Å². The lowest BCUT2D eigenvalue weighted by molar-refractivity contribution is -0.143. The Labute approximate surface area is 216 Å². The highest BCUT2D eigenvalue weighted by Gasteiger charge is 2.31. The lowest BCUT2D eigenvalue weighted by Gasteiger charge is -2.24. The molecule has 0 aliphatic carbocycles. The predicted molar refractivity (Wildman–Crippen MR) is 133 cm³/mol. The first-order chi connectivity index (χ1) is 17.9. The molecule has 0 saturated carbocycles. The van der Waals surface area contributed by atoms with Crippen LogP contribution < -0.4 is 33.2 Å². The maximum Gasteiger partial charge on any atom is 0.328 e. The number of rotatable bonds is 15. The van der Waals surface area contributed by atoms with E-state index in [1.807, 2.05) is 0 Å². The van der Waals surface area contributed by atoms with Crippen molar-refractivity contribution in [3.05, 3.63) is 36.0 Å². The van der Waals surface area contributed by atoms with Crippen molar-refractivity contribution in [1.82, 2.24) is 20.9 Å². The van der Waals surface area contributed by atoms with E-state index >= 15 is 0 Å². The summed E-state index contributed by atoms with van der Waals surface area (Å²) in [6.07, 6.45) is 0.448. The van der Waals surface area contributed by atoms with Crippen LogP contribution in [-0.2, 0) is 35.2 Å². The third kappa shape index (κ3) is 8.56. The molecule has 12 N–H and O–H groups in total. The number of carboxylic acid groups (broad SMARTS) is 1. The maximum atomic E-state index is 13.2. The van der Waals surface area contributed by atoms with Crippen molar-refractivity contribution < 1.29 is 39.0 Å². The normalized spacial score (nSPS) is 14.1. The standard InChI is InChI=1S/C23H31N7O8/c24-13(8-19(26)33)20(34)28-15(5-6-18(25)32)21(35)29-16(22(36)30-17(10-31)23(37)38)7-11-9-27-14-4-2-1-3-12(11)14/h1-4,9,13,15-17,27,31H,5-8,10,24H2,(H2,25,32)(H2,26,33)(H,28,34)(H,29,35)(H,30,36)(H,37,38). The number of primary amides is 2. The summed E-state index contributed by atoms with van der Waals surface area (Å²) in [5.41, 5.74) is 17.2. The highest BCUT2D eigenvalue weighted by Crippen LogP contribution is 2.19. The molecule has 2 aromatic rings. The molecule has 2 rings (SSSR count).